The van der Waals surface area contributed by atoms with E-state index in [0.717, 1.165) is 10.6 Å². The van der Waals surface area contributed by atoms with Crippen molar-refractivity contribution >= 4 is 34.2 Å². The van der Waals surface area contributed by atoms with E-state index in [9.17, 15) is 18.0 Å². The van der Waals surface area contributed by atoms with Crippen molar-refractivity contribution in [3.63, 3.8) is 0 Å². The van der Waals surface area contributed by atoms with Gasteiger partial charge < -0.3 is 10.2 Å². The van der Waals surface area contributed by atoms with Crippen LogP contribution in [0.4, 0.5) is 0 Å². The van der Waals surface area contributed by atoms with Gasteiger partial charge in [0.15, 0.2) is 0 Å². The molecule has 0 radical (unpaired) electrons. The summed E-state index contributed by atoms with van der Waals surface area (Å²) in [6.45, 7) is 4.45. The van der Waals surface area contributed by atoms with Gasteiger partial charge in [0.1, 0.15) is 5.69 Å². The molecule has 9 nitrogen and oxygen atoms in total. The van der Waals surface area contributed by atoms with Crippen LogP contribution in [0.3, 0.4) is 0 Å². The molecule has 0 aromatic carbocycles. The number of carbonyl (C=O) groups is 2. The third-order valence-electron chi connectivity index (χ3n) is 4.79. The molecule has 1 aromatic rings. The first kappa shape index (κ1) is 22.3. The number of fused-ring (bicyclic) bond motifs is 1. The summed E-state index contributed by atoms with van der Waals surface area (Å²) >= 11 is 0. The van der Waals surface area contributed by atoms with E-state index in [-0.39, 0.29) is 36.5 Å². The van der Waals surface area contributed by atoms with Crippen LogP contribution >= 0.6 is 12.4 Å². The molecular formula is C17H24ClN5O4S. The Morgan fingerprint density at radius 3 is 2.50 bits per heavy atom. The lowest BCUT2D eigenvalue weighted by Gasteiger charge is -2.28. The number of carbonyl (C=O) groups excluding carboxylic acids is 2. The zero-order chi connectivity index (χ0) is 19.9. The van der Waals surface area contributed by atoms with Crippen LogP contribution in [-0.4, -0.2) is 65.3 Å². The lowest BCUT2D eigenvalue weighted by atomic mass is 9.89. The van der Waals surface area contributed by atoms with Gasteiger partial charge in [0.05, 0.1) is 42.0 Å². The molecule has 154 valence electrons. The monoisotopic (exact) mass is 429 g/mol. The van der Waals surface area contributed by atoms with Crippen molar-refractivity contribution in [1.82, 2.24) is 24.5 Å². The summed E-state index contributed by atoms with van der Waals surface area (Å²) in [7, 11) is -1.97. The molecule has 1 fully saturated rings. The third-order valence-corrected chi connectivity index (χ3v) is 5.84. The van der Waals surface area contributed by atoms with E-state index in [4.69, 9.17) is 0 Å². The molecular weight excluding hydrogens is 406 g/mol. The fraction of sp³-hybridized carbons (Fsp3) is 0.529. The van der Waals surface area contributed by atoms with Crippen LogP contribution in [0.15, 0.2) is 24.2 Å². The highest BCUT2D eigenvalue weighted by Crippen LogP contribution is 2.41. The van der Waals surface area contributed by atoms with Crippen LogP contribution in [0, 0.1) is 11.8 Å². The van der Waals surface area contributed by atoms with Crippen molar-refractivity contribution < 1.29 is 18.0 Å². The van der Waals surface area contributed by atoms with E-state index in [2.05, 4.69) is 15.3 Å². The first-order valence-corrected chi connectivity index (χ1v) is 10.5. The van der Waals surface area contributed by atoms with E-state index >= 15 is 0 Å². The predicted octanol–water partition coefficient (Wildman–Crippen LogP) is 0.400. The van der Waals surface area contributed by atoms with Crippen LogP contribution in [-0.2, 0) is 21.4 Å². The molecule has 0 unspecified atom stereocenters. The van der Waals surface area contributed by atoms with Gasteiger partial charge >= 0.3 is 0 Å². The fourth-order valence-corrected chi connectivity index (χ4v) is 4.68. The second kappa shape index (κ2) is 8.14. The zero-order valence-electron chi connectivity index (χ0n) is 16.1. The van der Waals surface area contributed by atoms with Crippen LogP contribution in [0.2, 0.25) is 0 Å². The standard InChI is InChI=1S/C17H23N5O4S.ClH/c1-10(2)14-15-13(22(17(14)24)27(4,25)26)5-6-21(15)16(23)12-9-19-11(7-18-3)8-20-12;/h5,8-10,14-15,18H,6-7H2,1-4H3;1H/t14-,15+;/m1./s1. The summed E-state index contributed by atoms with van der Waals surface area (Å²) in [5.41, 5.74) is 1.22. The number of hydrogen-bond acceptors (Lipinski definition) is 7. The molecule has 1 N–H and O–H groups in total. The number of sulfonamides is 1. The number of halogens is 1. The van der Waals surface area contributed by atoms with E-state index in [1.54, 1.807) is 13.1 Å². The first-order chi connectivity index (χ1) is 12.7. The maximum absolute atomic E-state index is 13.0. The number of nitrogens with zero attached hydrogens (tertiary/aromatic N) is 4. The maximum Gasteiger partial charge on any atom is 0.274 e. The number of nitrogens with one attached hydrogen (secondary N) is 1. The molecule has 11 heteroatoms. The minimum Gasteiger partial charge on any atom is -0.324 e. The minimum atomic E-state index is -3.76. The molecule has 1 saturated heterocycles. The lowest BCUT2D eigenvalue weighted by molar-refractivity contribution is -0.128. The highest BCUT2D eigenvalue weighted by molar-refractivity contribution is 7.89. The molecule has 2 aliphatic rings. The topological polar surface area (TPSA) is 113 Å². The van der Waals surface area contributed by atoms with Gasteiger partial charge in [-0.05, 0) is 19.0 Å². The summed E-state index contributed by atoms with van der Waals surface area (Å²) in [5, 5.41) is 2.95. The van der Waals surface area contributed by atoms with Crippen molar-refractivity contribution in [2.75, 3.05) is 19.8 Å². The van der Waals surface area contributed by atoms with Crippen LogP contribution in [0.25, 0.3) is 0 Å². The SMILES string of the molecule is CNCc1cnc(C(=O)N2CC=C3[C@H]2[C@@H](C(C)C)C(=O)N3S(C)(=O)=O)cn1.Cl. The van der Waals surface area contributed by atoms with Crippen LogP contribution in [0.1, 0.15) is 30.0 Å². The lowest BCUT2D eigenvalue weighted by Crippen LogP contribution is -2.43. The summed E-state index contributed by atoms with van der Waals surface area (Å²) in [5.74, 6) is -1.61. The Morgan fingerprint density at radius 1 is 1.32 bits per heavy atom. The van der Waals surface area contributed by atoms with Gasteiger partial charge in [-0.2, -0.15) is 0 Å². The van der Waals surface area contributed by atoms with Crippen molar-refractivity contribution in [1.29, 1.82) is 0 Å². The number of hydrogen-bond donors (Lipinski definition) is 1. The number of aromatic nitrogens is 2. The average Bonchev–Trinajstić information content (AvgIpc) is 3.10. The largest absolute Gasteiger partial charge is 0.324 e. The molecule has 2 aliphatic heterocycles. The Balaban J connectivity index is 0.00000280. The Morgan fingerprint density at radius 2 is 2.00 bits per heavy atom. The van der Waals surface area contributed by atoms with E-state index in [1.807, 2.05) is 13.8 Å². The summed E-state index contributed by atoms with van der Waals surface area (Å²) < 4.78 is 25.1. The smallest absolute Gasteiger partial charge is 0.274 e. The highest BCUT2D eigenvalue weighted by Gasteiger charge is 2.54. The van der Waals surface area contributed by atoms with Gasteiger partial charge in [0.25, 0.3) is 5.91 Å². The fourth-order valence-electron chi connectivity index (χ4n) is 3.66. The van der Waals surface area contributed by atoms with Gasteiger partial charge in [-0.25, -0.2) is 17.7 Å². The summed E-state index contributed by atoms with van der Waals surface area (Å²) in [6.07, 6.45) is 5.56. The van der Waals surface area contributed by atoms with E-state index in [1.165, 1.54) is 17.3 Å². The van der Waals surface area contributed by atoms with Gasteiger partial charge in [-0.15, -0.1) is 12.4 Å². The van der Waals surface area contributed by atoms with Crippen molar-refractivity contribution in [3.05, 3.63) is 35.6 Å². The zero-order valence-corrected chi connectivity index (χ0v) is 17.7. The summed E-state index contributed by atoms with van der Waals surface area (Å²) in [4.78, 5) is 35.6. The number of amides is 2. The van der Waals surface area contributed by atoms with Gasteiger partial charge in [0.2, 0.25) is 15.9 Å². The van der Waals surface area contributed by atoms with Gasteiger partial charge in [0, 0.05) is 13.1 Å². The minimum absolute atomic E-state index is 0. The highest BCUT2D eigenvalue weighted by atomic mass is 35.5. The van der Waals surface area contributed by atoms with Crippen LogP contribution < -0.4 is 5.32 Å². The van der Waals surface area contributed by atoms with Crippen LogP contribution in [0.5, 0.6) is 0 Å². The first-order valence-electron chi connectivity index (χ1n) is 8.67. The van der Waals surface area contributed by atoms with E-state index in [0.29, 0.717) is 17.9 Å². The molecule has 0 bridgehead atoms. The molecule has 2 atom stereocenters. The average molecular weight is 430 g/mol. The number of rotatable bonds is 5. The molecule has 3 rings (SSSR count). The second-order valence-corrected chi connectivity index (χ2v) is 8.92. The Kier molecular flexibility index (Phi) is 6.47. The molecule has 3 heterocycles. The Bertz CT molecular complexity index is 901. The normalized spacial score (nSPS) is 21.6. The molecule has 0 aliphatic carbocycles. The third kappa shape index (κ3) is 3.76. The van der Waals surface area contributed by atoms with Crippen molar-refractivity contribution in [2.24, 2.45) is 11.8 Å². The quantitative estimate of drug-likeness (QED) is 0.720. The second-order valence-electron chi connectivity index (χ2n) is 7.09. The molecule has 0 spiro atoms. The van der Waals surface area contributed by atoms with Crippen molar-refractivity contribution in [2.45, 2.75) is 26.4 Å². The van der Waals surface area contributed by atoms with Gasteiger partial charge in [-0.3, -0.25) is 14.6 Å². The van der Waals surface area contributed by atoms with Gasteiger partial charge in [-0.1, -0.05) is 13.8 Å². The van der Waals surface area contributed by atoms with E-state index < -0.39 is 27.9 Å². The molecule has 2 amide bonds. The summed E-state index contributed by atoms with van der Waals surface area (Å²) in [6, 6.07) is -0.612. The molecule has 28 heavy (non-hydrogen) atoms. The Labute approximate surface area is 170 Å². The predicted molar refractivity (Wildman–Crippen MR) is 105 cm³/mol. The Hall–Kier alpha value is -2.04. The molecule has 0 saturated carbocycles. The van der Waals surface area contributed by atoms with Crippen molar-refractivity contribution in [3.8, 4) is 0 Å². The molecule has 1 aromatic heterocycles. The maximum atomic E-state index is 13.0.